The average Bonchev–Trinajstić information content (AvgIpc) is 3.37. The van der Waals surface area contributed by atoms with Gasteiger partial charge in [-0.3, -0.25) is 4.79 Å². The number of carbonyl (C=O) groups is 2. The molecule has 1 N–H and O–H groups in total. The fourth-order valence-electron chi connectivity index (χ4n) is 6.12. The molecule has 9 nitrogen and oxygen atoms in total. The van der Waals surface area contributed by atoms with Crippen LogP contribution in [-0.4, -0.2) is 71.0 Å². The van der Waals surface area contributed by atoms with Crippen molar-refractivity contribution in [3.05, 3.63) is 63.7 Å². The highest BCUT2D eigenvalue weighted by molar-refractivity contribution is 7.10. The molecule has 3 amide bonds. The van der Waals surface area contributed by atoms with Crippen LogP contribution < -0.4 is 15.0 Å². The van der Waals surface area contributed by atoms with Gasteiger partial charge in [0.05, 0.1) is 7.11 Å². The van der Waals surface area contributed by atoms with Crippen LogP contribution in [0.1, 0.15) is 53.2 Å². The van der Waals surface area contributed by atoms with Crippen LogP contribution >= 0.6 is 11.3 Å². The Hall–Kier alpha value is -3.66. The zero-order chi connectivity index (χ0) is 27.1. The van der Waals surface area contributed by atoms with Gasteiger partial charge in [-0.1, -0.05) is 13.8 Å². The maximum Gasteiger partial charge on any atom is 0.322 e. The lowest BCUT2D eigenvalue weighted by Crippen LogP contribution is -2.49. The molecule has 2 aromatic heterocycles. The number of anilines is 2. The minimum Gasteiger partial charge on any atom is -0.497 e. The van der Waals surface area contributed by atoms with E-state index in [-0.39, 0.29) is 23.4 Å². The maximum atomic E-state index is 13.5. The topological polar surface area (TPSA) is 90.9 Å². The Labute approximate surface area is 232 Å². The first-order chi connectivity index (χ1) is 18.8. The number of aromatic nitrogens is 2. The van der Waals surface area contributed by atoms with Crippen LogP contribution in [0.15, 0.2) is 42.0 Å². The van der Waals surface area contributed by atoms with E-state index in [9.17, 15) is 9.59 Å². The Morgan fingerprint density at radius 1 is 1.10 bits per heavy atom. The average molecular weight is 547 g/mol. The van der Waals surface area contributed by atoms with Crippen molar-refractivity contribution in [2.24, 2.45) is 0 Å². The van der Waals surface area contributed by atoms with Crippen molar-refractivity contribution in [1.29, 1.82) is 0 Å². The van der Waals surface area contributed by atoms with Gasteiger partial charge in [0.2, 0.25) is 0 Å². The molecular formula is C29H34N6O3S. The molecule has 6 rings (SSSR count). The number of fused-ring (bicyclic) bond motifs is 2. The largest absolute Gasteiger partial charge is 0.497 e. The third kappa shape index (κ3) is 4.93. The van der Waals surface area contributed by atoms with Crippen LogP contribution in [0.25, 0.3) is 0 Å². The molecule has 3 aromatic rings. The molecule has 1 saturated heterocycles. The molecule has 0 bridgehead atoms. The van der Waals surface area contributed by atoms with Crippen LogP contribution in [0.5, 0.6) is 5.75 Å². The molecule has 3 aliphatic rings. The van der Waals surface area contributed by atoms with E-state index in [1.165, 1.54) is 16.8 Å². The van der Waals surface area contributed by atoms with Gasteiger partial charge in [0, 0.05) is 60.8 Å². The number of nitrogens with zero attached hydrogens (tertiary/aromatic N) is 5. The number of piperidine rings is 1. The Morgan fingerprint density at radius 3 is 2.72 bits per heavy atom. The predicted molar refractivity (Wildman–Crippen MR) is 152 cm³/mol. The van der Waals surface area contributed by atoms with E-state index in [4.69, 9.17) is 4.74 Å². The second-order valence-corrected chi connectivity index (χ2v) is 12.1. The molecule has 5 heterocycles. The van der Waals surface area contributed by atoms with Crippen molar-refractivity contribution in [3.8, 4) is 5.75 Å². The quantitative estimate of drug-likeness (QED) is 0.517. The number of benzene rings is 1. The van der Waals surface area contributed by atoms with Crippen LogP contribution in [0.2, 0.25) is 0 Å². The lowest BCUT2D eigenvalue weighted by molar-refractivity contribution is 0.0683. The number of ether oxygens (including phenoxy) is 1. The fourth-order valence-corrected chi connectivity index (χ4v) is 7.15. The van der Waals surface area contributed by atoms with Gasteiger partial charge in [-0.15, -0.1) is 11.3 Å². The van der Waals surface area contributed by atoms with E-state index < -0.39 is 0 Å². The van der Waals surface area contributed by atoms with E-state index in [2.05, 4.69) is 45.5 Å². The fraction of sp³-hybridized carbons (Fsp3) is 0.448. The normalized spacial score (nSPS) is 19.2. The minimum atomic E-state index is -0.0811. The molecule has 0 spiro atoms. The van der Waals surface area contributed by atoms with Crippen LogP contribution in [0.3, 0.4) is 0 Å². The van der Waals surface area contributed by atoms with Crippen molar-refractivity contribution < 1.29 is 14.3 Å². The van der Waals surface area contributed by atoms with Gasteiger partial charge < -0.3 is 24.8 Å². The highest BCUT2D eigenvalue weighted by atomic mass is 32.1. The van der Waals surface area contributed by atoms with Gasteiger partial charge >= 0.3 is 6.03 Å². The molecule has 1 aromatic carbocycles. The summed E-state index contributed by atoms with van der Waals surface area (Å²) in [5.41, 5.74) is 3.51. The van der Waals surface area contributed by atoms with E-state index in [1.807, 2.05) is 34.1 Å². The first-order valence-corrected chi connectivity index (χ1v) is 14.4. The third-order valence-electron chi connectivity index (χ3n) is 8.13. The molecule has 1 fully saturated rings. The summed E-state index contributed by atoms with van der Waals surface area (Å²) in [6.45, 7) is 7.85. The van der Waals surface area contributed by atoms with E-state index >= 15 is 0 Å². The Bertz CT molecular complexity index is 1400. The summed E-state index contributed by atoms with van der Waals surface area (Å²) in [7, 11) is 1.65. The molecular weight excluding hydrogens is 512 g/mol. The Balaban J connectivity index is 1.10. The summed E-state index contributed by atoms with van der Waals surface area (Å²) in [5, 5.41) is 5.19. The van der Waals surface area contributed by atoms with Gasteiger partial charge in [0.25, 0.3) is 5.91 Å². The Morgan fingerprint density at radius 2 is 1.92 bits per heavy atom. The highest BCUT2D eigenvalue weighted by Crippen LogP contribution is 2.37. The lowest BCUT2D eigenvalue weighted by atomic mass is 9.85. The molecule has 0 unspecified atom stereocenters. The van der Waals surface area contributed by atoms with Gasteiger partial charge in [-0.25, -0.2) is 14.8 Å². The molecule has 10 heteroatoms. The highest BCUT2D eigenvalue weighted by Gasteiger charge is 2.36. The van der Waals surface area contributed by atoms with Gasteiger partial charge in [0.1, 0.15) is 23.6 Å². The molecule has 0 atom stereocenters. The zero-order valence-corrected chi connectivity index (χ0v) is 23.5. The molecule has 0 radical (unpaired) electrons. The molecule has 0 saturated carbocycles. The van der Waals surface area contributed by atoms with Crippen molar-refractivity contribution in [2.45, 2.75) is 51.1 Å². The summed E-state index contributed by atoms with van der Waals surface area (Å²) in [6, 6.07) is 9.83. The SMILES string of the molecule is COc1ccc2c(c1)CCN(C1CCN(c3cc(C(=O)N4Cc5ccsc5C(C)(C)C4)ncn3)CC1)C(=O)N2. The second kappa shape index (κ2) is 10.1. The van der Waals surface area contributed by atoms with E-state index in [0.717, 1.165) is 55.2 Å². The number of rotatable bonds is 4. The smallest absolute Gasteiger partial charge is 0.322 e. The number of amides is 3. The van der Waals surface area contributed by atoms with Crippen molar-refractivity contribution in [2.75, 3.05) is 43.5 Å². The number of urea groups is 1. The summed E-state index contributed by atoms with van der Waals surface area (Å²) >= 11 is 1.77. The number of carbonyl (C=O) groups excluding carboxylic acids is 2. The standard InChI is InChI=1S/C29H34N6O3S/c1-29(2)17-34(16-20-9-13-39-26(20)29)27(36)24-15-25(31-18-30-24)33-10-7-21(8-11-33)35-12-6-19-14-22(38-3)4-5-23(19)32-28(35)37/h4-5,9,13-15,18,21H,6-8,10-12,16-17H2,1-3H3,(H,32,37). The number of hydrogen-bond donors (Lipinski definition) is 1. The van der Waals surface area contributed by atoms with Crippen molar-refractivity contribution >= 4 is 34.8 Å². The molecule has 204 valence electrons. The van der Waals surface area contributed by atoms with E-state index in [0.29, 0.717) is 25.3 Å². The van der Waals surface area contributed by atoms with Gasteiger partial charge in [0.15, 0.2) is 0 Å². The van der Waals surface area contributed by atoms with Gasteiger partial charge in [-0.05, 0) is 60.0 Å². The second-order valence-electron chi connectivity index (χ2n) is 11.2. The first-order valence-electron chi connectivity index (χ1n) is 13.5. The van der Waals surface area contributed by atoms with Crippen LogP contribution in [0, 0.1) is 0 Å². The van der Waals surface area contributed by atoms with E-state index in [1.54, 1.807) is 18.4 Å². The lowest BCUT2D eigenvalue weighted by Gasteiger charge is -2.39. The molecule has 39 heavy (non-hydrogen) atoms. The molecule has 0 aliphatic carbocycles. The Kier molecular flexibility index (Phi) is 6.66. The summed E-state index contributed by atoms with van der Waals surface area (Å²) in [6.07, 6.45) is 3.94. The zero-order valence-electron chi connectivity index (χ0n) is 22.6. The number of thiophene rings is 1. The summed E-state index contributed by atoms with van der Waals surface area (Å²) < 4.78 is 5.36. The first kappa shape index (κ1) is 25.6. The van der Waals surface area contributed by atoms with Crippen molar-refractivity contribution in [1.82, 2.24) is 19.8 Å². The minimum absolute atomic E-state index is 0.0504. The summed E-state index contributed by atoms with van der Waals surface area (Å²) in [4.78, 5) is 42.8. The predicted octanol–water partition coefficient (Wildman–Crippen LogP) is 4.54. The number of methoxy groups -OCH3 is 1. The van der Waals surface area contributed by atoms with Crippen molar-refractivity contribution in [3.63, 3.8) is 0 Å². The monoisotopic (exact) mass is 546 g/mol. The molecule has 3 aliphatic heterocycles. The number of hydrogen-bond acceptors (Lipinski definition) is 7. The number of nitrogens with one attached hydrogen (secondary N) is 1. The third-order valence-corrected chi connectivity index (χ3v) is 9.46. The van der Waals surface area contributed by atoms with Crippen LogP contribution in [-0.2, 0) is 18.4 Å². The van der Waals surface area contributed by atoms with Gasteiger partial charge in [-0.2, -0.15) is 0 Å². The summed E-state index contributed by atoms with van der Waals surface area (Å²) in [5.74, 6) is 1.50. The maximum absolute atomic E-state index is 13.5. The van der Waals surface area contributed by atoms with Crippen LogP contribution in [0.4, 0.5) is 16.3 Å².